The van der Waals surface area contributed by atoms with E-state index in [0.717, 1.165) is 62.8 Å². The van der Waals surface area contributed by atoms with Crippen LogP contribution in [0.1, 0.15) is 86.0 Å². The molecule has 0 bridgehead atoms. The van der Waals surface area contributed by atoms with Gasteiger partial charge in [0.25, 0.3) is 0 Å². The molecule has 3 heteroatoms. The first-order chi connectivity index (χ1) is 11.5. The fourth-order valence-electron chi connectivity index (χ4n) is 3.54. The second kappa shape index (κ2) is 10.6. The first-order valence-corrected chi connectivity index (χ1v) is 9.82. The predicted molar refractivity (Wildman–Crippen MR) is 106 cm³/mol. The highest BCUT2D eigenvalue weighted by atomic mass is 16.5. The lowest BCUT2D eigenvalue weighted by Gasteiger charge is -2.40. The minimum Gasteiger partial charge on any atom is -0.490 e. The van der Waals surface area contributed by atoms with Gasteiger partial charge in [-0.2, -0.15) is 0 Å². The molecule has 0 spiro atoms. The van der Waals surface area contributed by atoms with Crippen LogP contribution in [0.15, 0.2) is 24.3 Å². The zero-order valence-corrected chi connectivity index (χ0v) is 16.5. The maximum Gasteiger partial charge on any atom is 0.119 e. The van der Waals surface area contributed by atoms with E-state index >= 15 is 0 Å². The lowest BCUT2D eigenvalue weighted by Crippen LogP contribution is -2.51. The summed E-state index contributed by atoms with van der Waals surface area (Å²) in [6.45, 7) is 11.1. The molecule has 0 aromatic heterocycles. The van der Waals surface area contributed by atoms with Gasteiger partial charge in [0, 0.05) is 0 Å². The summed E-state index contributed by atoms with van der Waals surface area (Å²) in [5.74, 6) is 7.44. The van der Waals surface area contributed by atoms with Gasteiger partial charge in [0.2, 0.25) is 0 Å². The fourth-order valence-corrected chi connectivity index (χ4v) is 3.54. The molecule has 2 N–H and O–H groups in total. The van der Waals surface area contributed by atoms with Crippen LogP contribution in [-0.4, -0.2) is 11.6 Å². The average Bonchev–Trinajstić information content (AvgIpc) is 2.56. The summed E-state index contributed by atoms with van der Waals surface area (Å²) in [5.41, 5.74) is 1.08. The molecule has 1 rings (SSSR count). The van der Waals surface area contributed by atoms with E-state index in [9.17, 15) is 0 Å². The quantitative estimate of drug-likeness (QED) is 0.372. The molecule has 24 heavy (non-hydrogen) atoms. The Morgan fingerprint density at radius 1 is 0.917 bits per heavy atom. The number of hydrazine groups is 1. The van der Waals surface area contributed by atoms with Crippen LogP contribution in [0.5, 0.6) is 5.75 Å². The monoisotopic (exact) mass is 334 g/mol. The van der Waals surface area contributed by atoms with Crippen LogP contribution in [0, 0.1) is 0 Å². The van der Waals surface area contributed by atoms with E-state index in [4.69, 9.17) is 10.6 Å². The molecular formula is C21H38N2O. The van der Waals surface area contributed by atoms with Crippen molar-refractivity contribution in [3.05, 3.63) is 24.3 Å². The van der Waals surface area contributed by atoms with E-state index in [2.05, 4.69) is 58.9 Å². The minimum absolute atomic E-state index is 0.0127. The highest BCUT2D eigenvalue weighted by Crippen LogP contribution is 2.30. The maximum atomic E-state index is 6.48. The summed E-state index contributed by atoms with van der Waals surface area (Å²) >= 11 is 0. The summed E-state index contributed by atoms with van der Waals surface area (Å²) in [4.78, 5) is 0. The highest BCUT2D eigenvalue weighted by Gasteiger charge is 2.28. The number of anilines is 1. The van der Waals surface area contributed by atoms with E-state index in [1.807, 2.05) is 5.01 Å². The van der Waals surface area contributed by atoms with Gasteiger partial charge in [0.15, 0.2) is 0 Å². The zero-order valence-electron chi connectivity index (χ0n) is 16.5. The Morgan fingerprint density at radius 2 is 1.42 bits per heavy atom. The van der Waals surface area contributed by atoms with E-state index in [-0.39, 0.29) is 5.54 Å². The van der Waals surface area contributed by atoms with Crippen molar-refractivity contribution in [2.75, 3.05) is 5.01 Å². The van der Waals surface area contributed by atoms with Crippen molar-refractivity contribution >= 4 is 5.69 Å². The molecule has 0 saturated carbocycles. The largest absolute Gasteiger partial charge is 0.490 e. The normalized spacial score (nSPS) is 11.8. The molecule has 0 saturated heterocycles. The number of ether oxygens (including phenoxy) is 1. The molecule has 0 unspecified atom stereocenters. The summed E-state index contributed by atoms with van der Waals surface area (Å²) in [6.07, 6.45) is 9.35. The maximum absolute atomic E-state index is 6.48. The highest BCUT2D eigenvalue weighted by molar-refractivity contribution is 5.49. The SMILES string of the molecule is CCCC(CCC)Oc1ccc(N(N)C(C)(CCC)CCC)cc1. The fraction of sp³-hybridized carbons (Fsp3) is 0.714. The van der Waals surface area contributed by atoms with Crippen molar-refractivity contribution in [3.8, 4) is 5.75 Å². The van der Waals surface area contributed by atoms with Crippen molar-refractivity contribution in [2.45, 2.75) is 97.6 Å². The third-order valence-corrected chi connectivity index (χ3v) is 4.80. The molecule has 0 radical (unpaired) electrons. The topological polar surface area (TPSA) is 38.5 Å². The molecule has 1 aromatic rings. The molecule has 3 nitrogen and oxygen atoms in total. The van der Waals surface area contributed by atoms with Gasteiger partial charge in [0.05, 0.1) is 17.3 Å². The number of hydrogen-bond donors (Lipinski definition) is 1. The molecule has 0 aliphatic rings. The van der Waals surface area contributed by atoms with Gasteiger partial charge in [-0.3, -0.25) is 0 Å². The number of hydrogen-bond acceptors (Lipinski definition) is 3. The van der Waals surface area contributed by atoms with Crippen LogP contribution < -0.4 is 15.6 Å². The van der Waals surface area contributed by atoms with Crippen LogP contribution in [0.2, 0.25) is 0 Å². The van der Waals surface area contributed by atoms with Crippen molar-refractivity contribution in [2.24, 2.45) is 5.84 Å². The van der Waals surface area contributed by atoms with E-state index in [0.29, 0.717) is 6.10 Å². The van der Waals surface area contributed by atoms with Crippen molar-refractivity contribution in [3.63, 3.8) is 0 Å². The van der Waals surface area contributed by atoms with Crippen LogP contribution in [0.3, 0.4) is 0 Å². The molecule has 138 valence electrons. The average molecular weight is 335 g/mol. The van der Waals surface area contributed by atoms with E-state index in [1.165, 1.54) is 0 Å². The Morgan fingerprint density at radius 3 is 1.83 bits per heavy atom. The van der Waals surface area contributed by atoms with E-state index < -0.39 is 0 Å². The first kappa shape index (κ1) is 20.8. The van der Waals surface area contributed by atoms with Crippen molar-refractivity contribution in [1.29, 1.82) is 0 Å². The second-order valence-electron chi connectivity index (χ2n) is 7.18. The summed E-state index contributed by atoms with van der Waals surface area (Å²) in [7, 11) is 0. The number of rotatable bonds is 12. The summed E-state index contributed by atoms with van der Waals surface area (Å²) < 4.78 is 6.15. The Balaban J connectivity index is 2.81. The summed E-state index contributed by atoms with van der Waals surface area (Å²) in [6, 6.07) is 8.30. The lowest BCUT2D eigenvalue weighted by atomic mass is 9.89. The van der Waals surface area contributed by atoms with Crippen LogP contribution in [0.25, 0.3) is 0 Å². The smallest absolute Gasteiger partial charge is 0.119 e. The molecular weight excluding hydrogens is 296 g/mol. The third-order valence-electron chi connectivity index (χ3n) is 4.80. The molecule has 1 aromatic carbocycles. The first-order valence-electron chi connectivity index (χ1n) is 9.82. The van der Waals surface area contributed by atoms with Gasteiger partial charge < -0.3 is 9.75 Å². The van der Waals surface area contributed by atoms with Crippen LogP contribution in [-0.2, 0) is 0 Å². The zero-order chi connectivity index (χ0) is 18.0. The van der Waals surface area contributed by atoms with Crippen molar-refractivity contribution in [1.82, 2.24) is 0 Å². The van der Waals surface area contributed by atoms with E-state index in [1.54, 1.807) is 0 Å². The standard InChI is InChI=1S/C21H38N2O/c1-6-10-19(11-7-2)24-20-14-12-18(13-15-20)23(22)21(5,16-8-3)17-9-4/h12-15,19H,6-11,16-17,22H2,1-5H3. The molecule has 0 amide bonds. The Bertz CT molecular complexity index is 432. The molecule has 0 aliphatic carbocycles. The van der Waals surface area contributed by atoms with Gasteiger partial charge >= 0.3 is 0 Å². The van der Waals surface area contributed by atoms with Gasteiger partial charge in [-0.1, -0.05) is 53.4 Å². The Kier molecular flexibility index (Phi) is 9.20. The third kappa shape index (κ3) is 6.01. The molecule has 0 fully saturated rings. The van der Waals surface area contributed by atoms with Gasteiger partial charge in [-0.05, 0) is 56.9 Å². The summed E-state index contributed by atoms with van der Waals surface area (Å²) in [5, 5.41) is 1.96. The Labute approximate surface area is 149 Å². The van der Waals surface area contributed by atoms with Crippen molar-refractivity contribution < 1.29 is 4.74 Å². The minimum atomic E-state index is 0.0127. The van der Waals surface area contributed by atoms with Gasteiger partial charge in [-0.25, -0.2) is 5.84 Å². The van der Waals surface area contributed by atoms with Gasteiger partial charge in [0.1, 0.15) is 5.75 Å². The Hall–Kier alpha value is -1.22. The van der Waals surface area contributed by atoms with Gasteiger partial charge in [-0.15, -0.1) is 0 Å². The molecule has 0 heterocycles. The number of nitrogens with zero attached hydrogens (tertiary/aromatic N) is 1. The lowest BCUT2D eigenvalue weighted by molar-refractivity contribution is 0.179. The number of benzene rings is 1. The molecule has 0 aliphatic heterocycles. The predicted octanol–water partition coefficient (Wildman–Crippen LogP) is 6.07. The van der Waals surface area contributed by atoms with Crippen LogP contribution >= 0.6 is 0 Å². The number of nitrogens with two attached hydrogens (primary N) is 1. The van der Waals surface area contributed by atoms with Crippen LogP contribution in [0.4, 0.5) is 5.69 Å². The molecule has 0 atom stereocenters. The second-order valence-corrected chi connectivity index (χ2v) is 7.18.